The summed E-state index contributed by atoms with van der Waals surface area (Å²) in [6, 6.07) is 8.26. The Kier molecular flexibility index (Phi) is 5.14. The van der Waals surface area contributed by atoms with E-state index in [-0.39, 0.29) is 11.8 Å². The van der Waals surface area contributed by atoms with Gasteiger partial charge in [0.05, 0.1) is 5.92 Å². The first-order valence-corrected chi connectivity index (χ1v) is 8.48. The van der Waals surface area contributed by atoms with E-state index in [1.54, 1.807) is 11.8 Å². The third-order valence-corrected chi connectivity index (χ3v) is 5.42. The van der Waals surface area contributed by atoms with Crippen molar-refractivity contribution >= 4 is 17.7 Å². The fourth-order valence-corrected chi connectivity index (χ4v) is 4.19. The second kappa shape index (κ2) is 6.66. The van der Waals surface area contributed by atoms with Crippen molar-refractivity contribution in [2.45, 2.75) is 38.5 Å². The highest BCUT2D eigenvalue weighted by molar-refractivity contribution is 7.99. The van der Waals surface area contributed by atoms with Crippen molar-refractivity contribution in [3.8, 4) is 0 Å². The van der Waals surface area contributed by atoms with Crippen LogP contribution in [-0.4, -0.2) is 18.2 Å². The zero-order chi connectivity index (χ0) is 14.7. The summed E-state index contributed by atoms with van der Waals surface area (Å²) in [6.45, 7) is 9.72. The van der Waals surface area contributed by atoms with Gasteiger partial charge in [0.2, 0.25) is 5.91 Å². The van der Waals surface area contributed by atoms with Crippen molar-refractivity contribution in [1.82, 2.24) is 5.32 Å². The van der Waals surface area contributed by atoms with Gasteiger partial charge in [-0.1, -0.05) is 45.9 Å². The van der Waals surface area contributed by atoms with Crippen molar-refractivity contribution in [3.63, 3.8) is 0 Å². The van der Waals surface area contributed by atoms with Gasteiger partial charge in [-0.2, -0.15) is 0 Å². The molecule has 0 aliphatic carbocycles. The molecule has 1 heterocycles. The third-order valence-electron chi connectivity index (χ3n) is 4.24. The molecule has 1 N–H and O–H groups in total. The molecule has 1 atom stereocenters. The molecule has 1 aliphatic heterocycles. The summed E-state index contributed by atoms with van der Waals surface area (Å²) in [4.78, 5) is 13.7. The molecule has 110 valence electrons. The largest absolute Gasteiger partial charge is 0.355 e. The minimum absolute atomic E-state index is 0.0242. The molecule has 3 heteroatoms. The first-order valence-electron chi connectivity index (χ1n) is 7.50. The zero-order valence-corrected chi connectivity index (χ0v) is 13.7. The molecule has 0 bridgehead atoms. The number of hydrogen-bond donors (Lipinski definition) is 1. The molecular formula is C17H25NOS. The van der Waals surface area contributed by atoms with E-state index in [1.165, 1.54) is 10.5 Å². The predicted molar refractivity (Wildman–Crippen MR) is 86.1 cm³/mol. The normalized spacial score (nSPS) is 17.9. The Hall–Kier alpha value is -0.960. The van der Waals surface area contributed by atoms with Crippen LogP contribution >= 0.6 is 11.8 Å². The van der Waals surface area contributed by atoms with Crippen molar-refractivity contribution in [1.29, 1.82) is 0 Å². The van der Waals surface area contributed by atoms with Crippen LogP contribution in [-0.2, 0) is 4.79 Å². The van der Waals surface area contributed by atoms with Gasteiger partial charge in [-0.25, -0.2) is 0 Å². The lowest BCUT2D eigenvalue weighted by Gasteiger charge is -2.25. The van der Waals surface area contributed by atoms with Crippen LogP contribution in [0.15, 0.2) is 29.2 Å². The number of carbonyl (C=O) groups is 1. The molecule has 2 nitrogen and oxygen atoms in total. The molecule has 1 aromatic rings. The van der Waals surface area contributed by atoms with Crippen LogP contribution in [0.1, 0.15) is 39.2 Å². The molecule has 0 saturated carbocycles. The quantitative estimate of drug-likeness (QED) is 0.891. The predicted octanol–water partition coefficient (Wildman–Crippen LogP) is 3.92. The fraction of sp³-hybridized carbons (Fsp3) is 0.588. The van der Waals surface area contributed by atoms with E-state index >= 15 is 0 Å². The molecule has 0 spiro atoms. The van der Waals surface area contributed by atoms with E-state index in [0.29, 0.717) is 17.8 Å². The number of amides is 1. The van der Waals surface area contributed by atoms with Gasteiger partial charge in [-0.05, 0) is 29.4 Å². The molecule has 20 heavy (non-hydrogen) atoms. The van der Waals surface area contributed by atoms with Gasteiger partial charge >= 0.3 is 0 Å². The van der Waals surface area contributed by atoms with Gasteiger partial charge in [-0.15, -0.1) is 11.8 Å². The summed E-state index contributed by atoms with van der Waals surface area (Å²) < 4.78 is 0. The maximum absolute atomic E-state index is 12.4. The average Bonchev–Trinajstić information content (AvgIpc) is 2.81. The highest BCUT2D eigenvalue weighted by Crippen LogP contribution is 2.39. The van der Waals surface area contributed by atoms with Crippen molar-refractivity contribution in [2.75, 3.05) is 12.3 Å². The zero-order valence-electron chi connectivity index (χ0n) is 12.8. The maximum Gasteiger partial charge on any atom is 0.228 e. The Morgan fingerprint density at radius 2 is 1.90 bits per heavy atom. The third kappa shape index (κ3) is 3.38. The van der Waals surface area contributed by atoms with Crippen LogP contribution in [0.25, 0.3) is 0 Å². The standard InChI is InChI=1S/C17H25NOS/c1-11(2)14(12(3)4)9-18-17(19)15-10-20-16-8-6-5-7-13(15)16/h5-8,11-12,14-15H,9-10H2,1-4H3,(H,18,19). The van der Waals surface area contributed by atoms with E-state index in [1.807, 2.05) is 12.1 Å². The van der Waals surface area contributed by atoms with Crippen molar-refractivity contribution in [2.24, 2.45) is 17.8 Å². The second-order valence-corrected chi connectivity index (χ2v) is 7.36. The van der Waals surface area contributed by atoms with E-state index in [4.69, 9.17) is 0 Å². The molecule has 2 rings (SSSR count). The second-order valence-electron chi connectivity index (χ2n) is 6.30. The van der Waals surface area contributed by atoms with Gasteiger partial charge in [0, 0.05) is 17.2 Å². The summed E-state index contributed by atoms with van der Waals surface area (Å²) in [5.41, 5.74) is 1.20. The summed E-state index contributed by atoms with van der Waals surface area (Å²) in [5, 5.41) is 3.18. The first-order chi connectivity index (χ1) is 9.50. The van der Waals surface area contributed by atoms with Crippen molar-refractivity contribution in [3.05, 3.63) is 29.8 Å². The number of fused-ring (bicyclic) bond motifs is 1. The number of benzene rings is 1. The van der Waals surface area contributed by atoms with Crippen LogP contribution < -0.4 is 5.32 Å². The summed E-state index contributed by atoms with van der Waals surface area (Å²) in [5.74, 6) is 2.83. The Labute approximate surface area is 126 Å². The van der Waals surface area contributed by atoms with Gasteiger partial charge in [-0.3, -0.25) is 4.79 Å². The lowest BCUT2D eigenvalue weighted by molar-refractivity contribution is -0.122. The monoisotopic (exact) mass is 291 g/mol. The lowest BCUT2D eigenvalue weighted by Crippen LogP contribution is -2.36. The summed E-state index contributed by atoms with van der Waals surface area (Å²) in [7, 11) is 0. The van der Waals surface area contributed by atoms with E-state index < -0.39 is 0 Å². The molecular weight excluding hydrogens is 266 g/mol. The van der Waals surface area contributed by atoms with Gasteiger partial charge in [0.15, 0.2) is 0 Å². The van der Waals surface area contributed by atoms with Crippen LogP contribution in [0.2, 0.25) is 0 Å². The van der Waals surface area contributed by atoms with E-state index in [2.05, 4.69) is 45.1 Å². The highest BCUT2D eigenvalue weighted by atomic mass is 32.2. The van der Waals surface area contributed by atoms with E-state index in [0.717, 1.165) is 12.3 Å². The first kappa shape index (κ1) is 15.4. The highest BCUT2D eigenvalue weighted by Gasteiger charge is 2.29. The minimum atomic E-state index is 0.0242. The fourth-order valence-electron chi connectivity index (χ4n) is 2.96. The van der Waals surface area contributed by atoms with Gasteiger partial charge in [0.25, 0.3) is 0 Å². The Balaban J connectivity index is 1.97. The molecule has 1 amide bonds. The molecule has 1 unspecified atom stereocenters. The smallest absolute Gasteiger partial charge is 0.228 e. The van der Waals surface area contributed by atoms with E-state index in [9.17, 15) is 4.79 Å². The van der Waals surface area contributed by atoms with Crippen LogP contribution in [0, 0.1) is 17.8 Å². The average molecular weight is 291 g/mol. The van der Waals surface area contributed by atoms with Crippen LogP contribution in [0.5, 0.6) is 0 Å². The number of hydrogen-bond acceptors (Lipinski definition) is 2. The molecule has 0 aromatic heterocycles. The topological polar surface area (TPSA) is 29.1 Å². The Morgan fingerprint density at radius 3 is 2.55 bits per heavy atom. The molecule has 0 saturated heterocycles. The Morgan fingerprint density at radius 1 is 1.25 bits per heavy atom. The molecule has 1 aliphatic rings. The van der Waals surface area contributed by atoms with Gasteiger partial charge < -0.3 is 5.32 Å². The van der Waals surface area contributed by atoms with Crippen LogP contribution in [0.3, 0.4) is 0 Å². The SMILES string of the molecule is CC(C)C(CNC(=O)C1CSc2ccccc21)C(C)C. The minimum Gasteiger partial charge on any atom is -0.355 e. The summed E-state index contributed by atoms with van der Waals surface area (Å²) in [6.07, 6.45) is 0. The molecule has 0 fully saturated rings. The lowest BCUT2D eigenvalue weighted by atomic mass is 9.85. The molecule has 0 radical (unpaired) electrons. The molecule has 1 aromatic carbocycles. The van der Waals surface area contributed by atoms with Gasteiger partial charge in [0.1, 0.15) is 0 Å². The number of thioether (sulfide) groups is 1. The summed E-state index contributed by atoms with van der Waals surface area (Å²) >= 11 is 1.79. The number of carbonyl (C=O) groups excluding carboxylic acids is 1. The number of rotatable bonds is 5. The van der Waals surface area contributed by atoms with Crippen molar-refractivity contribution < 1.29 is 4.79 Å². The van der Waals surface area contributed by atoms with Crippen LogP contribution in [0.4, 0.5) is 0 Å². The maximum atomic E-state index is 12.4. The number of nitrogens with one attached hydrogen (secondary N) is 1. The Bertz CT molecular complexity index is 462.